The molecular formula is C14H20N4O2S. The van der Waals surface area contributed by atoms with E-state index < -0.39 is 10.0 Å². The van der Waals surface area contributed by atoms with Crippen LogP contribution in [0.2, 0.25) is 0 Å². The van der Waals surface area contributed by atoms with Gasteiger partial charge in [0.05, 0.1) is 17.4 Å². The predicted molar refractivity (Wildman–Crippen MR) is 82.6 cm³/mol. The monoisotopic (exact) mass is 308 g/mol. The van der Waals surface area contributed by atoms with Crippen LogP contribution in [0.3, 0.4) is 0 Å². The Bertz CT molecular complexity index is 666. The maximum atomic E-state index is 11.6. The van der Waals surface area contributed by atoms with Crippen LogP contribution in [0.4, 0.5) is 11.6 Å². The molecule has 2 rings (SSSR count). The molecule has 1 N–H and O–H groups in total. The molecule has 1 fully saturated rings. The molecule has 2 unspecified atom stereocenters. The van der Waals surface area contributed by atoms with Crippen LogP contribution in [0.15, 0.2) is 12.1 Å². The van der Waals surface area contributed by atoms with Crippen LogP contribution in [0.1, 0.15) is 25.8 Å². The molecule has 1 aliphatic carbocycles. The van der Waals surface area contributed by atoms with Crippen LogP contribution in [-0.4, -0.2) is 32.7 Å². The number of nitriles is 1. The van der Waals surface area contributed by atoms with E-state index in [0.29, 0.717) is 17.3 Å². The molecule has 1 aromatic rings. The van der Waals surface area contributed by atoms with Gasteiger partial charge in [-0.1, -0.05) is 6.92 Å². The third kappa shape index (κ3) is 4.08. The molecule has 0 amide bonds. The predicted octanol–water partition coefficient (Wildman–Crippen LogP) is 1.81. The van der Waals surface area contributed by atoms with Crippen molar-refractivity contribution in [2.75, 3.05) is 29.0 Å². The van der Waals surface area contributed by atoms with E-state index in [0.717, 1.165) is 12.5 Å². The highest BCUT2D eigenvalue weighted by atomic mass is 32.2. The zero-order valence-corrected chi connectivity index (χ0v) is 13.3. The number of nitrogens with one attached hydrogen (secondary N) is 1. The smallest absolute Gasteiger partial charge is 0.233 e. The first-order valence-electron chi connectivity index (χ1n) is 6.98. The van der Waals surface area contributed by atoms with Crippen LogP contribution in [0.5, 0.6) is 0 Å². The molecule has 0 saturated heterocycles. The van der Waals surface area contributed by atoms with E-state index in [1.165, 1.54) is 12.5 Å². The van der Waals surface area contributed by atoms with E-state index in [4.69, 9.17) is 5.26 Å². The molecule has 1 saturated carbocycles. The first-order chi connectivity index (χ1) is 9.84. The van der Waals surface area contributed by atoms with E-state index in [1.54, 1.807) is 13.0 Å². The summed E-state index contributed by atoms with van der Waals surface area (Å²) >= 11 is 0. The third-order valence-electron chi connectivity index (χ3n) is 3.76. The van der Waals surface area contributed by atoms with Crippen molar-refractivity contribution in [3.63, 3.8) is 0 Å². The average Bonchev–Trinajstić information content (AvgIpc) is 3.13. The third-order valence-corrected chi connectivity index (χ3v) is 5.04. The summed E-state index contributed by atoms with van der Waals surface area (Å²) < 4.78 is 25.7. The maximum absolute atomic E-state index is 11.6. The Morgan fingerprint density at radius 1 is 1.52 bits per heavy atom. The molecule has 2 atom stereocenters. The van der Waals surface area contributed by atoms with Crippen molar-refractivity contribution in [2.24, 2.45) is 11.8 Å². The second-order valence-electron chi connectivity index (χ2n) is 5.57. The summed E-state index contributed by atoms with van der Waals surface area (Å²) in [5.74, 6) is 2.16. The van der Waals surface area contributed by atoms with E-state index in [9.17, 15) is 8.42 Å². The largest absolute Gasteiger partial charge is 0.359 e. The first-order valence-corrected chi connectivity index (χ1v) is 8.63. The van der Waals surface area contributed by atoms with Crippen molar-refractivity contribution >= 4 is 21.7 Å². The number of hydrogen-bond acceptors (Lipinski definition) is 5. The molecule has 114 valence electrons. The van der Waals surface area contributed by atoms with E-state index in [1.807, 2.05) is 18.0 Å². The van der Waals surface area contributed by atoms with E-state index >= 15 is 0 Å². The number of hydrogen-bond donors (Lipinski definition) is 1. The fourth-order valence-electron chi connectivity index (χ4n) is 2.16. The fraction of sp³-hybridized carbons (Fsp3) is 0.571. The van der Waals surface area contributed by atoms with Crippen LogP contribution in [0, 0.1) is 23.2 Å². The molecule has 6 nitrogen and oxygen atoms in total. The SMILES string of the molecule is CCS(=O)(=O)Nc1cc(C#N)cc(N(C)CC2CC2C)n1. The minimum atomic E-state index is -3.40. The fourth-order valence-corrected chi connectivity index (χ4v) is 2.73. The molecule has 0 spiro atoms. The maximum Gasteiger partial charge on any atom is 0.233 e. The van der Waals surface area contributed by atoms with Gasteiger partial charge in [-0.3, -0.25) is 4.72 Å². The summed E-state index contributed by atoms with van der Waals surface area (Å²) in [6.07, 6.45) is 1.21. The van der Waals surface area contributed by atoms with Gasteiger partial charge in [0.2, 0.25) is 10.0 Å². The first kappa shape index (κ1) is 15.6. The summed E-state index contributed by atoms with van der Waals surface area (Å²) in [5, 5.41) is 9.09. The van der Waals surface area contributed by atoms with Gasteiger partial charge in [0.25, 0.3) is 0 Å². The van der Waals surface area contributed by atoms with Crippen LogP contribution in [0.25, 0.3) is 0 Å². The van der Waals surface area contributed by atoms with Crippen molar-refractivity contribution in [2.45, 2.75) is 20.3 Å². The summed E-state index contributed by atoms with van der Waals surface area (Å²) in [6, 6.07) is 5.17. The molecule has 0 aromatic carbocycles. The molecule has 21 heavy (non-hydrogen) atoms. The molecule has 7 heteroatoms. The lowest BCUT2D eigenvalue weighted by Crippen LogP contribution is -2.23. The number of anilines is 2. The Morgan fingerprint density at radius 2 is 2.19 bits per heavy atom. The van der Waals surface area contributed by atoms with E-state index in [2.05, 4.69) is 16.6 Å². The molecule has 0 bridgehead atoms. The van der Waals surface area contributed by atoms with Crippen molar-refractivity contribution in [3.8, 4) is 6.07 Å². The van der Waals surface area contributed by atoms with Crippen LogP contribution < -0.4 is 9.62 Å². The quantitative estimate of drug-likeness (QED) is 0.866. The minimum absolute atomic E-state index is 0.0315. The second kappa shape index (κ2) is 5.90. The zero-order chi connectivity index (χ0) is 15.6. The van der Waals surface area contributed by atoms with Crippen molar-refractivity contribution < 1.29 is 8.42 Å². The highest BCUT2D eigenvalue weighted by Crippen LogP contribution is 2.38. The molecule has 0 radical (unpaired) electrons. The number of pyridine rings is 1. The van der Waals surface area contributed by atoms with Gasteiger partial charge < -0.3 is 4.90 Å². The molecule has 0 aliphatic heterocycles. The number of sulfonamides is 1. The van der Waals surface area contributed by atoms with Gasteiger partial charge in [-0.25, -0.2) is 13.4 Å². The number of nitrogens with zero attached hydrogens (tertiary/aromatic N) is 3. The highest BCUT2D eigenvalue weighted by molar-refractivity contribution is 7.92. The molecule has 1 aliphatic rings. The normalized spacial score (nSPS) is 20.7. The van der Waals surface area contributed by atoms with Gasteiger partial charge in [0.1, 0.15) is 11.6 Å². The van der Waals surface area contributed by atoms with Gasteiger partial charge >= 0.3 is 0 Å². The summed E-state index contributed by atoms with van der Waals surface area (Å²) in [4.78, 5) is 6.28. The Kier molecular flexibility index (Phi) is 4.37. The minimum Gasteiger partial charge on any atom is -0.359 e. The van der Waals surface area contributed by atoms with E-state index in [-0.39, 0.29) is 11.6 Å². The Labute approximate surface area is 125 Å². The summed E-state index contributed by atoms with van der Waals surface area (Å²) in [5.41, 5.74) is 0.393. The number of aromatic nitrogens is 1. The zero-order valence-electron chi connectivity index (χ0n) is 12.5. The summed E-state index contributed by atoms with van der Waals surface area (Å²) in [7, 11) is -1.49. The lowest BCUT2D eigenvalue weighted by Gasteiger charge is -2.19. The van der Waals surface area contributed by atoms with Gasteiger partial charge in [0.15, 0.2) is 0 Å². The van der Waals surface area contributed by atoms with Gasteiger partial charge in [-0.15, -0.1) is 0 Å². The number of rotatable bonds is 6. The lowest BCUT2D eigenvalue weighted by molar-refractivity contribution is 0.602. The Balaban J connectivity index is 2.23. The molecule has 1 heterocycles. The van der Waals surface area contributed by atoms with Crippen LogP contribution in [-0.2, 0) is 10.0 Å². The average molecular weight is 308 g/mol. The van der Waals surface area contributed by atoms with Crippen molar-refractivity contribution in [1.82, 2.24) is 4.98 Å². The highest BCUT2D eigenvalue weighted by Gasteiger charge is 2.33. The topological polar surface area (TPSA) is 86.1 Å². The van der Waals surface area contributed by atoms with Crippen molar-refractivity contribution in [3.05, 3.63) is 17.7 Å². The standard InChI is InChI=1S/C14H20N4O2S/c1-4-21(19,20)17-13-6-11(8-15)7-14(16-13)18(3)9-12-5-10(12)2/h6-7,10,12H,4-5,9H2,1-3H3,(H,16,17). The molecular weight excluding hydrogens is 288 g/mol. The lowest BCUT2D eigenvalue weighted by atomic mass is 10.2. The van der Waals surface area contributed by atoms with Crippen LogP contribution >= 0.6 is 0 Å². The summed E-state index contributed by atoms with van der Waals surface area (Å²) in [6.45, 7) is 4.62. The van der Waals surface area contributed by atoms with Gasteiger partial charge in [-0.2, -0.15) is 5.26 Å². The van der Waals surface area contributed by atoms with Gasteiger partial charge in [0, 0.05) is 13.6 Å². The second-order valence-corrected chi connectivity index (χ2v) is 7.58. The molecule has 1 aromatic heterocycles. The Hall–Kier alpha value is -1.81. The van der Waals surface area contributed by atoms with Gasteiger partial charge in [-0.05, 0) is 37.3 Å². The Morgan fingerprint density at radius 3 is 2.71 bits per heavy atom. The van der Waals surface area contributed by atoms with Crippen molar-refractivity contribution in [1.29, 1.82) is 5.26 Å².